The summed E-state index contributed by atoms with van der Waals surface area (Å²) in [5.41, 5.74) is 21.5. The number of nitrogens with two attached hydrogens (primary N) is 4. The highest BCUT2D eigenvalue weighted by Gasteiger charge is 2.30. The van der Waals surface area contributed by atoms with Gasteiger partial charge in [-0.3, -0.25) is 24.2 Å². The van der Waals surface area contributed by atoms with E-state index in [0.717, 1.165) is 0 Å². The number of hydrogen-bond acceptors (Lipinski definition) is 9. The molecule has 0 aliphatic carbocycles. The topological polar surface area (TPSA) is 299 Å². The number of amides is 3. The molecule has 4 atom stereocenters. The molecular weight excluding hydrogens is 468 g/mol. The van der Waals surface area contributed by atoms with Gasteiger partial charge in [0.25, 0.3) is 0 Å². The molecular formula is C19H36N8O8. The first kappa shape index (κ1) is 31.5. The number of nitrogens with zero attached hydrogens (tertiary/aromatic N) is 1. The Kier molecular flexibility index (Phi) is 15.3. The number of aliphatic carboxylic acids is 2. The molecule has 16 nitrogen and oxygen atoms in total. The van der Waals surface area contributed by atoms with Crippen LogP contribution < -0.4 is 38.9 Å². The van der Waals surface area contributed by atoms with Crippen LogP contribution in [0.5, 0.6) is 0 Å². The van der Waals surface area contributed by atoms with Crippen molar-refractivity contribution in [2.24, 2.45) is 27.9 Å². The third-order valence-electron chi connectivity index (χ3n) is 4.69. The van der Waals surface area contributed by atoms with E-state index in [9.17, 15) is 24.0 Å². The van der Waals surface area contributed by atoms with Crippen LogP contribution in [0.25, 0.3) is 0 Å². The number of nitrogens with one attached hydrogen (secondary N) is 3. The molecule has 14 N–H and O–H groups in total. The number of aliphatic imine (C=N–C) groups is 1. The minimum atomic E-state index is -1.60. The number of carboxylic acid groups (broad SMARTS) is 2. The summed E-state index contributed by atoms with van der Waals surface area (Å²) < 4.78 is 0. The van der Waals surface area contributed by atoms with Crippen molar-refractivity contribution >= 4 is 35.6 Å². The van der Waals surface area contributed by atoms with Crippen LogP contribution in [0.1, 0.15) is 38.5 Å². The highest BCUT2D eigenvalue weighted by atomic mass is 16.4. The van der Waals surface area contributed by atoms with E-state index in [2.05, 4.69) is 20.9 Å². The smallest absolute Gasteiger partial charge is 0.328 e. The Balaban J connectivity index is 5.54. The highest BCUT2D eigenvalue weighted by Crippen LogP contribution is 2.06. The van der Waals surface area contributed by atoms with E-state index in [-0.39, 0.29) is 31.8 Å². The van der Waals surface area contributed by atoms with Gasteiger partial charge in [-0.1, -0.05) is 0 Å². The number of carbonyl (C=O) groups excluding carboxylic acids is 3. The third kappa shape index (κ3) is 13.7. The third-order valence-corrected chi connectivity index (χ3v) is 4.69. The number of carboxylic acids is 2. The van der Waals surface area contributed by atoms with E-state index in [0.29, 0.717) is 19.4 Å². The van der Waals surface area contributed by atoms with Crippen LogP contribution in [0.2, 0.25) is 0 Å². The van der Waals surface area contributed by atoms with Gasteiger partial charge in [0.15, 0.2) is 5.96 Å². The molecule has 0 saturated heterocycles. The van der Waals surface area contributed by atoms with Gasteiger partial charge in [0.05, 0.1) is 19.1 Å². The minimum absolute atomic E-state index is 0.00584. The maximum Gasteiger partial charge on any atom is 0.328 e. The Bertz CT molecular complexity index is 759. The van der Waals surface area contributed by atoms with Gasteiger partial charge in [-0.05, 0) is 38.6 Å². The predicted molar refractivity (Wildman–Crippen MR) is 124 cm³/mol. The van der Waals surface area contributed by atoms with E-state index >= 15 is 0 Å². The lowest BCUT2D eigenvalue weighted by molar-refractivity contribution is -0.143. The van der Waals surface area contributed by atoms with Gasteiger partial charge in [0.2, 0.25) is 17.7 Å². The highest BCUT2D eigenvalue weighted by molar-refractivity contribution is 5.94. The number of aliphatic hydroxyl groups excluding tert-OH is 1. The molecule has 0 radical (unpaired) electrons. The molecule has 0 fully saturated rings. The summed E-state index contributed by atoms with van der Waals surface area (Å²) in [6.45, 7) is -0.436. The molecule has 35 heavy (non-hydrogen) atoms. The van der Waals surface area contributed by atoms with Gasteiger partial charge in [0.1, 0.15) is 18.1 Å². The largest absolute Gasteiger partial charge is 0.481 e. The number of rotatable bonds is 18. The van der Waals surface area contributed by atoms with Gasteiger partial charge < -0.3 is 54.2 Å². The van der Waals surface area contributed by atoms with Gasteiger partial charge in [-0.25, -0.2) is 4.79 Å². The number of unbranched alkanes of at least 4 members (excludes halogenated alkanes) is 1. The molecule has 0 saturated carbocycles. The van der Waals surface area contributed by atoms with E-state index < -0.39 is 66.9 Å². The summed E-state index contributed by atoms with van der Waals surface area (Å²) in [5, 5.41) is 34.0. The molecule has 0 rings (SSSR count). The van der Waals surface area contributed by atoms with Crippen LogP contribution in [0.3, 0.4) is 0 Å². The Morgan fingerprint density at radius 3 is 1.77 bits per heavy atom. The molecule has 0 aromatic rings. The van der Waals surface area contributed by atoms with Crippen molar-refractivity contribution in [1.82, 2.24) is 16.0 Å². The molecule has 0 spiro atoms. The molecule has 0 aliphatic heterocycles. The van der Waals surface area contributed by atoms with Crippen molar-refractivity contribution in [3.05, 3.63) is 0 Å². The van der Waals surface area contributed by atoms with Crippen molar-refractivity contribution < 1.29 is 39.3 Å². The van der Waals surface area contributed by atoms with Crippen molar-refractivity contribution in [2.75, 3.05) is 19.7 Å². The summed E-state index contributed by atoms with van der Waals surface area (Å²) in [5.74, 6) is -5.51. The van der Waals surface area contributed by atoms with Crippen LogP contribution in [0, 0.1) is 0 Å². The SMILES string of the molecule is NCCCCC(NC(=O)C(N)CC(=O)O)C(=O)NC(CCCN=C(N)N)C(=O)NC(CO)C(=O)O. The molecule has 0 heterocycles. The average molecular weight is 505 g/mol. The summed E-state index contributed by atoms with van der Waals surface area (Å²) in [6, 6.07) is -5.44. The van der Waals surface area contributed by atoms with Crippen molar-refractivity contribution in [2.45, 2.75) is 62.7 Å². The standard InChI is InChI=1S/C19H36N8O8/c20-6-2-1-4-11(25-15(31)10(21)8-14(29)30)16(32)26-12(5-3-7-24-19(22)23)17(33)27-13(9-28)18(34)35/h10-13,28H,1-9,20-21H2,(H,25,31)(H,26,32)(H,27,33)(H,29,30)(H,34,35)(H4,22,23,24). The molecule has 0 aliphatic rings. The monoisotopic (exact) mass is 504 g/mol. The average Bonchev–Trinajstić information content (AvgIpc) is 2.77. The molecule has 0 aromatic carbocycles. The second-order valence-electron chi connectivity index (χ2n) is 7.64. The molecule has 200 valence electrons. The van der Waals surface area contributed by atoms with E-state index in [4.69, 9.17) is 38.3 Å². The molecule has 0 aromatic heterocycles. The van der Waals surface area contributed by atoms with Gasteiger partial charge in [-0.15, -0.1) is 0 Å². The van der Waals surface area contributed by atoms with Crippen LogP contribution in [0.15, 0.2) is 4.99 Å². The maximum absolute atomic E-state index is 12.9. The van der Waals surface area contributed by atoms with Gasteiger partial charge in [0, 0.05) is 6.54 Å². The molecule has 0 bridgehead atoms. The lowest BCUT2D eigenvalue weighted by Gasteiger charge is -2.25. The Morgan fingerprint density at radius 2 is 1.31 bits per heavy atom. The zero-order valence-corrected chi connectivity index (χ0v) is 19.3. The van der Waals surface area contributed by atoms with Crippen LogP contribution in [-0.2, 0) is 24.0 Å². The summed E-state index contributed by atoms with van der Waals surface area (Å²) in [6.07, 6.45) is 0.632. The van der Waals surface area contributed by atoms with Crippen molar-refractivity contribution in [1.29, 1.82) is 0 Å². The Labute approximate surface area is 201 Å². The quantitative estimate of drug-likeness (QED) is 0.0480. The first-order valence-corrected chi connectivity index (χ1v) is 10.9. The maximum atomic E-state index is 12.9. The summed E-state index contributed by atoms with van der Waals surface area (Å²) in [4.78, 5) is 63.6. The predicted octanol–water partition coefficient (Wildman–Crippen LogP) is -4.50. The minimum Gasteiger partial charge on any atom is -0.481 e. The number of carbonyl (C=O) groups is 5. The lowest BCUT2D eigenvalue weighted by Crippen LogP contribution is -2.57. The van der Waals surface area contributed by atoms with Crippen LogP contribution in [-0.4, -0.2) is 94.8 Å². The zero-order chi connectivity index (χ0) is 27.0. The normalized spacial score (nSPS) is 14.0. The first-order chi connectivity index (χ1) is 16.4. The second kappa shape index (κ2) is 17.0. The zero-order valence-electron chi connectivity index (χ0n) is 19.3. The number of aliphatic hydroxyl groups is 1. The fourth-order valence-electron chi connectivity index (χ4n) is 2.82. The molecule has 4 unspecified atom stereocenters. The summed E-state index contributed by atoms with van der Waals surface area (Å²) >= 11 is 0. The molecule has 16 heteroatoms. The first-order valence-electron chi connectivity index (χ1n) is 10.9. The van der Waals surface area contributed by atoms with Gasteiger partial charge in [-0.2, -0.15) is 0 Å². The van der Waals surface area contributed by atoms with E-state index in [1.54, 1.807) is 0 Å². The summed E-state index contributed by atoms with van der Waals surface area (Å²) in [7, 11) is 0. The number of hydrogen-bond donors (Lipinski definition) is 10. The van der Waals surface area contributed by atoms with Crippen LogP contribution >= 0.6 is 0 Å². The van der Waals surface area contributed by atoms with E-state index in [1.807, 2.05) is 0 Å². The number of guanidine groups is 1. The molecule has 3 amide bonds. The Morgan fingerprint density at radius 1 is 0.800 bits per heavy atom. The van der Waals surface area contributed by atoms with Crippen molar-refractivity contribution in [3.8, 4) is 0 Å². The van der Waals surface area contributed by atoms with Gasteiger partial charge >= 0.3 is 11.9 Å². The second-order valence-corrected chi connectivity index (χ2v) is 7.64. The fraction of sp³-hybridized carbons (Fsp3) is 0.684. The Hall–Kier alpha value is -3.50. The van der Waals surface area contributed by atoms with Crippen LogP contribution in [0.4, 0.5) is 0 Å². The fourth-order valence-corrected chi connectivity index (χ4v) is 2.82. The van der Waals surface area contributed by atoms with E-state index in [1.165, 1.54) is 0 Å². The van der Waals surface area contributed by atoms with Crippen molar-refractivity contribution in [3.63, 3.8) is 0 Å². The lowest BCUT2D eigenvalue weighted by atomic mass is 10.0.